The van der Waals surface area contributed by atoms with E-state index in [1.165, 1.54) is 27.4 Å². The molecule has 160 valence electrons. The number of hydrogen-bond donors (Lipinski definition) is 2. The van der Waals surface area contributed by atoms with E-state index in [1.807, 2.05) is 24.3 Å². The third-order valence-electron chi connectivity index (χ3n) is 5.80. The van der Waals surface area contributed by atoms with E-state index in [9.17, 15) is 4.79 Å². The second-order valence-electron chi connectivity index (χ2n) is 8.06. The Morgan fingerprint density at radius 3 is 2.39 bits per heavy atom. The predicted molar refractivity (Wildman–Crippen MR) is 129 cm³/mol. The molecule has 1 heterocycles. The van der Waals surface area contributed by atoms with Gasteiger partial charge in [0.25, 0.3) is 0 Å². The Labute approximate surface area is 183 Å². The molecule has 0 aliphatic heterocycles. The minimum absolute atomic E-state index is 0.0378. The first-order valence-corrected chi connectivity index (χ1v) is 10.8. The summed E-state index contributed by atoms with van der Waals surface area (Å²) >= 11 is 0. The zero-order chi connectivity index (χ0) is 21.8. The largest absolute Gasteiger partial charge is 0.341 e. The quantitative estimate of drug-likeness (QED) is 0.441. The SMILES string of the molecule is CCn1c2ccccc2c2cc(NC(=O)CNC[C@H](c3ccccc3)N(C)C)ccc21. The Morgan fingerprint density at radius 2 is 1.65 bits per heavy atom. The van der Waals surface area contributed by atoms with Crippen molar-refractivity contribution in [3.63, 3.8) is 0 Å². The fourth-order valence-electron chi connectivity index (χ4n) is 4.27. The molecule has 5 heteroatoms. The normalized spacial score (nSPS) is 12.5. The van der Waals surface area contributed by atoms with E-state index in [0.29, 0.717) is 6.54 Å². The standard InChI is InChI=1S/C26H30N4O/c1-4-30-23-13-9-8-12-21(23)22-16-20(14-15-24(22)30)28-26(31)18-27-17-25(29(2)3)19-10-6-5-7-11-19/h5-16,25,27H,4,17-18H2,1-3H3,(H,28,31)/t25-/m1/s1. The summed E-state index contributed by atoms with van der Waals surface area (Å²) < 4.78 is 2.31. The molecule has 1 aromatic heterocycles. The van der Waals surface area contributed by atoms with Crippen LogP contribution >= 0.6 is 0 Å². The van der Waals surface area contributed by atoms with Crippen LogP contribution in [0.25, 0.3) is 21.8 Å². The van der Waals surface area contributed by atoms with Crippen LogP contribution < -0.4 is 10.6 Å². The molecule has 0 spiro atoms. The van der Waals surface area contributed by atoms with Gasteiger partial charge in [0.05, 0.1) is 6.54 Å². The number of hydrogen-bond acceptors (Lipinski definition) is 3. The molecule has 4 aromatic rings. The lowest BCUT2D eigenvalue weighted by Gasteiger charge is -2.25. The van der Waals surface area contributed by atoms with Crippen molar-refractivity contribution in [3.05, 3.63) is 78.4 Å². The van der Waals surface area contributed by atoms with Gasteiger partial charge < -0.3 is 20.1 Å². The van der Waals surface area contributed by atoms with E-state index in [4.69, 9.17) is 0 Å². The van der Waals surface area contributed by atoms with Gasteiger partial charge in [-0.1, -0.05) is 48.5 Å². The summed E-state index contributed by atoms with van der Waals surface area (Å²) in [6.45, 7) is 4.04. The van der Waals surface area contributed by atoms with Crippen LogP contribution in [0.1, 0.15) is 18.5 Å². The molecule has 1 amide bonds. The van der Waals surface area contributed by atoms with Crippen LogP contribution in [-0.2, 0) is 11.3 Å². The lowest BCUT2D eigenvalue weighted by atomic mass is 10.1. The number of benzene rings is 3. The highest BCUT2D eigenvalue weighted by Crippen LogP contribution is 2.30. The molecule has 0 saturated heterocycles. The molecule has 5 nitrogen and oxygen atoms in total. The first-order chi connectivity index (χ1) is 15.1. The number of aryl methyl sites for hydroxylation is 1. The summed E-state index contributed by atoms with van der Waals surface area (Å²) in [7, 11) is 4.11. The van der Waals surface area contributed by atoms with Gasteiger partial charge in [-0.2, -0.15) is 0 Å². The van der Waals surface area contributed by atoms with Crippen molar-refractivity contribution < 1.29 is 4.79 Å². The maximum absolute atomic E-state index is 12.6. The zero-order valence-electron chi connectivity index (χ0n) is 18.4. The molecule has 0 radical (unpaired) electrons. The molecule has 2 N–H and O–H groups in total. The number of carbonyl (C=O) groups is 1. The Kier molecular flexibility index (Phi) is 6.35. The second kappa shape index (κ2) is 9.33. The van der Waals surface area contributed by atoms with Crippen molar-refractivity contribution in [2.45, 2.75) is 19.5 Å². The Hall–Kier alpha value is -3.15. The number of likely N-dealkylation sites (N-methyl/N-ethyl adjacent to an activating group) is 1. The van der Waals surface area contributed by atoms with E-state index < -0.39 is 0 Å². The van der Waals surface area contributed by atoms with Gasteiger partial charge >= 0.3 is 0 Å². The number of carbonyl (C=O) groups excluding carboxylic acids is 1. The summed E-state index contributed by atoms with van der Waals surface area (Å²) in [6.07, 6.45) is 0. The number of nitrogens with zero attached hydrogens (tertiary/aromatic N) is 2. The van der Waals surface area contributed by atoms with Gasteiger partial charge in [0.15, 0.2) is 0 Å². The van der Waals surface area contributed by atoms with Crippen molar-refractivity contribution in [3.8, 4) is 0 Å². The van der Waals surface area contributed by atoms with Crippen LogP contribution in [0.2, 0.25) is 0 Å². The lowest BCUT2D eigenvalue weighted by Crippen LogP contribution is -2.35. The molecule has 1 atom stereocenters. The highest BCUT2D eigenvalue weighted by molar-refractivity contribution is 6.09. The van der Waals surface area contributed by atoms with Gasteiger partial charge in [-0.25, -0.2) is 0 Å². The number of fused-ring (bicyclic) bond motifs is 3. The van der Waals surface area contributed by atoms with Gasteiger partial charge in [-0.15, -0.1) is 0 Å². The van der Waals surface area contributed by atoms with Crippen LogP contribution in [0.3, 0.4) is 0 Å². The summed E-state index contributed by atoms with van der Waals surface area (Å²) in [6, 6.07) is 25.1. The average molecular weight is 415 g/mol. The Balaban J connectivity index is 1.43. The summed E-state index contributed by atoms with van der Waals surface area (Å²) in [5.74, 6) is -0.0378. The van der Waals surface area contributed by atoms with E-state index in [-0.39, 0.29) is 18.5 Å². The lowest BCUT2D eigenvalue weighted by molar-refractivity contribution is -0.115. The fraction of sp³-hybridized carbons (Fsp3) is 0.269. The number of rotatable bonds is 8. The molecule has 4 rings (SSSR count). The van der Waals surface area contributed by atoms with Gasteiger partial charge in [0.2, 0.25) is 5.91 Å². The van der Waals surface area contributed by atoms with Gasteiger partial charge in [0, 0.05) is 46.6 Å². The molecule has 0 aliphatic carbocycles. The first kappa shape index (κ1) is 21.1. The van der Waals surface area contributed by atoms with Crippen molar-refractivity contribution in [1.82, 2.24) is 14.8 Å². The number of anilines is 1. The van der Waals surface area contributed by atoms with Crippen molar-refractivity contribution in [2.24, 2.45) is 0 Å². The average Bonchev–Trinajstić information content (AvgIpc) is 3.10. The van der Waals surface area contributed by atoms with Crippen LogP contribution in [-0.4, -0.2) is 42.6 Å². The summed E-state index contributed by atoms with van der Waals surface area (Å²) in [5, 5.41) is 8.73. The molecule has 0 fully saturated rings. The Bertz CT molecular complexity index is 1180. The highest BCUT2D eigenvalue weighted by Gasteiger charge is 2.14. The first-order valence-electron chi connectivity index (χ1n) is 10.8. The predicted octanol–water partition coefficient (Wildman–Crippen LogP) is 4.65. The van der Waals surface area contributed by atoms with Crippen molar-refractivity contribution in [1.29, 1.82) is 0 Å². The fourth-order valence-corrected chi connectivity index (χ4v) is 4.27. The summed E-state index contributed by atoms with van der Waals surface area (Å²) in [5.41, 5.74) is 4.47. The topological polar surface area (TPSA) is 49.3 Å². The van der Waals surface area contributed by atoms with E-state index in [1.54, 1.807) is 0 Å². The molecular formula is C26H30N4O. The molecule has 31 heavy (non-hydrogen) atoms. The molecule has 3 aromatic carbocycles. The zero-order valence-corrected chi connectivity index (χ0v) is 18.4. The minimum Gasteiger partial charge on any atom is -0.341 e. The monoisotopic (exact) mass is 414 g/mol. The van der Waals surface area contributed by atoms with Gasteiger partial charge in [-0.05, 0) is 50.8 Å². The smallest absolute Gasteiger partial charge is 0.238 e. The number of nitrogens with one attached hydrogen (secondary N) is 2. The van der Waals surface area contributed by atoms with Crippen molar-refractivity contribution >= 4 is 33.4 Å². The van der Waals surface area contributed by atoms with Crippen molar-refractivity contribution in [2.75, 3.05) is 32.5 Å². The third kappa shape index (κ3) is 4.48. The number of amides is 1. The molecule has 0 aliphatic rings. The van der Waals surface area contributed by atoms with Crippen LogP contribution in [0, 0.1) is 0 Å². The highest BCUT2D eigenvalue weighted by atomic mass is 16.1. The third-order valence-corrected chi connectivity index (χ3v) is 5.80. The van der Waals surface area contributed by atoms with Crippen LogP contribution in [0.4, 0.5) is 5.69 Å². The number of para-hydroxylation sites is 1. The molecular weight excluding hydrogens is 384 g/mol. The Morgan fingerprint density at radius 1 is 0.935 bits per heavy atom. The second-order valence-corrected chi connectivity index (χ2v) is 8.06. The number of aromatic nitrogens is 1. The molecule has 0 bridgehead atoms. The molecule has 0 unspecified atom stereocenters. The van der Waals surface area contributed by atoms with Gasteiger partial charge in [-0.3, -0.25) is 4.79 Å². The van der Waals surface area contributed by atoms with Gasteiger partial charge in [0.1, 0.15) is 0 Å². The van der Waals surface area contributed by atoms with Crippen LogP contribution in [0.15, 0.2) is 72.8 Å². The maximum Gasteiger partial charge on any atom is 0.238 e. The van der Waals surface area contributed by atoms with E-state index in [0.717, 1.165) is 12.2 Å². The van der Waals surface area contributed by atoms with E-state index in [2.05, 4.69) is 89.7 Å². The summed E-state index contributed by atoms with van der Waals surface area (Å²) in [4.78, 5) is 14.7. The minimum atomic E-state index is -0.0378. The molecule has 0 saturated carbocycles. The maximum atomic E-state index is 12.6. The van der Waals surface area contributed by atoms with Crippen LogP contribution in [0.5, 0.6) is 0 Å². The van der Waals surface area contributed by atoms with E-state index >= 15 is 0 Å².